The van der Waals surface area contributed by atoms with Crippen LogP contribution in [0.25, 0.3) is 0 Å². The molecule has 1 atom stereocenters. The van der Waals surface area contributed by atoms with Crippen molar-refractivity contribution in [2.45, 2.75) is 13.0 Å². The summed E-state index contributed by atoms with van der Waals surface area (Å²) < 4.78 is 9.37. The van der Waals surface area contributed by atoms with Crippen LogP contribution in [0, 0.1) is 10.1 Å². The molecule has 0 saturated heterocycles. The minimum absolute atomic E-state index is 0.130. The first-order chi connectivity index (χ1) is 7.97. The average Bonchev–Trinajstić information content (AvgIpc) is 2.76. The number of nitro groups is 1. The zero-order valence-corrected chi connectivity index (χ0v) is 9.08. The lowest BCUT2D eigenvalue weighted by Gasteiger charge is -2.09. The maximum atomic E-state index is 11.2. The van der Waals surface area contributed by atoms with Crippen LogP contribution in [0.15, 0.2) is 28.7 Å². The molecule has 0 bridgehead atoms. The molecule has 1 aromatic heterocycles. The number of carbonyl (C=O) groups is 1. The van der Waals surface area contributed by atoms with Crippen molar-refractivity contribution >= 4 is 11.9 Å². The van der Waals surface area contributed by atoms with E-state index in [4.69, 9.17) is 4.42 Å². The lowest BCUT2D eigenvalue weighted by Crippen LogP contribution is -2.13. The number of carbonyl (C=O) groups excluding carboxylic acids is 1. The average molecular weight is 241 g/mol. The van der Waals surface area contributed by atoms with Crippen LogP contribution in [0.2, 0.25) is 0 Å². The monoisotopic (exact) mass is 241 g/mol. The SMILES string of the molecule is C=C(C(=O)OCC)C(O)c1ccc([N+](=O)[O-])o1. The van der Waals surface area contributed by atoms with E-state index in [-0.39, 0.29) is 17.9 Å². The lowest BCUT2D eigenvalue weighted by molar-refractivity contribution is -0.402. The van der Waals surface area contributed by atoms with Crippen molar-refractivity contribution in [3.63, 3.8) is 0 Å². The van der Waals surface area contributed by atoms with Gasteiger partial charge in [-0.1, -0.05) is 6.58 Å². The summed E-state index contributed by atoms with van der Waals surface area (Å²) in [5, 5.41) is 20.0. The lowest BCUT2D eigenvalue weighted by atomic mass is 10.1. The van der Waals surface area contributed by atoms with Gasteiger partial charge < -0.3 is 14.3 Å². The summed E-state index contributed by atoms with van der Waals surface area (Å²) in [6, 6.07) is 2.28. The van der Waals surface area contributed by atoms with Gasteiger partial charge in [-0.15, -0.1) is 0 Å². The number of aliphatic hydroxyl groups excluding tert-OH is 1. The van der Waals surface area contributed by atoms with Gasteiger partial charge in [0.15, 0.2) is 0 Å². The first kappa shape index (κ1) is 12.9. The van der Waals surface area contributed by atoms with Gasteiger partial charge in [-0.2, -0.15) is 0 Å². The standard InChI is InChI=1S/C10H11NO6/c1-3-16-10(13)6(2)9(12)7-4-5-8(17-7)11(14)15/h4-5,9,12H,2-3H2,1H3. The quantitative estimate of drug-likeness (QED) is 0.361. The second kappa shape index (κ2) is 5.26. The fourth-order valence-electron chi connectivity index (χ4n) is 1.09. The zero-order chi connectivity index (χ0) is 13.0. The minimum atomic E-state index is -1.46. The van der Waals surface area contributed by atoms with Gasteiger partial charge in [0.25, 0.3) is 0 Å². The molecule has 0 saturated carbocycles. The van der Waals surface area contributed by atoms with E-state index in [0.29, 0.717) is 0 Å². The highest BCUT2D eigenvalue weighted by molar-refractivity contribution is 5.88. The second-order valence-electron chi connectivity index (χ2n) is 3.08. The Hall–Kier alpha value is -2.15. The van der Waals surface area contributed by atoms with Crippen molar-refractivity contribution in [1.82, 2.24) is 0 Å². The van der Waals surface area contributed by atoms with Crippen molar-refractivity contribution < 1.29 is 24.0 Å². The molecule has 1 rings (SSSR count). The smallest absolute Gasteiger partial charge is 0.433 e. The Bertz CT molecular complexity index is 449. The summed E-state index contributed by atoms with van der Waals surface area (Å²) in [5.74, 6) is -1.43. The molecule has 1 N–H and O–H groups in total. The largest absolute Gasteiger partial charge is 0.463 e. The number of rotatable bonds is 5. The molecule has 0 spiro atoms. The van der Waals surface area contributed by atoms with Gasteiger partial charge >= 0.3 is 11.9 Å². The molecule has 0 aliphatic heterocycles. The Balaban J connectivity index is 2.81. The molecule has 1 heterocycles. The number of aliphatic hydroxyl groups is 1. The van der Waals surface area contributed by atoms with Gasteiger partial charge in [0.2, 0.25) is 0 Å². The number of esters is 1. The van der Waals surface area contributed by atoms with Gasteiger partial charge in [0.05, 0.1) is 18.2 Å². The van der Waals surface area contributed by atoms with Crippen molar-refractivity contribution in [3.05, 3.63) is 40.2 Å². The van der Waals surface area contributed by atoms with Crippen molar-refractivity contribution in [2.75, 3.05) is 6.61 Å². The van der Waals surface area contributed by atoms with E-state index in [1.807, 2.05) is 0 Å². The van der Waals surface area contributed by atoms with Gasteiger partial charge in [0, 0.05) is 0 Å². The third-order valence-electron chi connectivity index (χ3n) is 1.93. The maximum absolute atomic E-state index is 11.2. The molecule has 0 radical (unpaired) electrons. The summed E-state index contributed by atoms with van der Waals surface area (Å²) in [6.45, 7) is 5.10. The zero-order valence-electron chi connectivity index (χ0n) is 9.08. The molecule has 0 aliphatic rings. The van der Waals surface area contributed by atoms with Gasteiger partial charge in [-0.05, 0) is 13.0 Å². The number of furan rings is 1. The first-order valence-electron chi connectivity index (χ1n) is 4.75. The molecule has 7 nitrogen and oxygen atoms in total. The van der Waals surface area contributed by atoms with E-state index in [1.165, 1.54) is 6.07 Å². The molecule has 0 aliphatic carbocycles. The van der Waals surface area contributed by atoms with Crippen LogP contribution in [0.1, 0.15) is 18.8 Å². The molecule has 0 fully saturated rings. The highest BCUT2D eigenvalue weighted by atomic mass is 16.6. The van der Waals surface area contributed by atoms with Crippen LogP contribution < -0.4 is 0 Å². The van der Waals surface area contributed by atoms with E-state index in [9.17, 15) is 20.0 Å². The first-order valence-corrected chi connectivity index (χ1v) is 4.75. The maximum Gasteiger partial charge on any atom is 0.433 e. The summed E-state index contributed by atoms with van der Waals surface area (Å²) in [6.07, 6.45) is -1.46. The molecule has 1 aromatic rings. The van der Waals surface area contributed by atoms with Crippen LogP contribution in [-0.4, -0.2) is 22.6 Å². The van der Waals surface area contributed by atoms with Crippen LogP contribution in [-0.2, 0) is 9.53 Å². The van der Waals surface area contributed by atoms with E-state index in [0.717, 1.165) is 6.07 Å². The Morgan fingerprint density at radius 1 is 1.71 bits per heavy atom. The predicted octanol–water partition coefficient (Wildman–Crippen LogP) is 1.34. The van der Waals surface area contributed by atoms with Crippen LogP contribution in [0.3, 0.4) is 0 Å². The Morgan fingerprint density at radius 2 is 2.35 bits per heavy atom. The highest BCUT2D eigenvalue weighted by Crippen LogP contribution is 2.26. The van der Waals surface area contributed by atoms with E-state index in [1.54, 1.807) is 6.92 Å². The third-order valence-corrected chi connectivity index (χ3v) is 1.93. The van der Waals surface area contributed by atoms with Crippen LogP contribution in [0.5, 0.6) is 0 Å². The molecular weight excluding hydrogens is 230 g/mol. The van der Waals surface area contributed by atoms with Crippen LogP contribution in [0.4, 0.5) is 5.88 Å². The fourth-order valence-corrected chi connectivity index (χ4v) is 1.09. The number of hydrogen-bond donors (Lipinski definition) is 1. The van der Waals surface area contributed by atoms with E-state index >= 15 is 0 Å². The molecule has 17 heavy (non-hydrogen) atoms. The Morgan fingerprint density at radius 3 is 2.82 bits per heavy atom. The van der Waals surface area contributed by atoms with Gasteiger partial charge in [0.1, 0.15) is 16.8 Å². The summed E-state index contributed by atoms with van der Waals surface area (Å²) in [7, 11) is 0. The van der Waals surface area contributed by atoms with Gasteiger partial charge in [-0.25, -0.2) is 4.79 Å². The molecule has 0 aromatic carbocycles. The molecule has 7 heteroatoms. The van der Waals surface area contributed by atoms with Crippen molar-refractivity contribution in [1.29, 1.82) is 0 Å². The minimum Gasteiger partial charge on any atom is -0.463 e. The summed E-state index contributed by atoms with van der Waals surface area (Å²) >= 11 is 0. The topological polar surface area (TPSA) is 103 Å². The van der Waals surface area contributed by atoms with E-state index in [2.05, 4.69) is 11.3 Å². The third kappa shape index (κ3) is 2.91. The molecule has 1 unspecified atom stereocenters. The number of ether oxygens (including phenoxy) is 1. The molecule has 92 valence electrons. The Kier molecular flexibility index (Phi) is 4.00. The molecule has 0 amide bonds. The highest BCUT2D eigenvalue weighted by Gasteiger charge is 2.24. The Labute approximate surface area is 96.4 Å². The summed E-state index contributed by atoms with van der Waals surface area (Å²) in [5.41, 5.74) is -0.240. The predicted molar refractivity (Wildman–Crippen MR) is 56.1 cm³/mol. The van der Waals surface area contributed by atoms with Crippen LogP contribution >= 0.6 is 0 Å². The fraction of sp³-hybridized carbons (Fsp3) is 0.300. The molecular formula is C10H11NO6. The normalized spacial score (nSPS) is 11.9. The summed E-state index contributed by atoms with van der Waals surface area (Å²) in [4.78, 5) is 20.9. The number of hydrogen-bond acceptors (Lipinski definition) is 6. The van der Waals surface area contributed by atoms with Crippen molar-refractivity contribution in [3.8, 4) is 0 Å². The number of nitrogens with zero attached hydrogens (tertiary/aromatic N) is 1. The van der Waals surface area contributed by atoms with E-state index < -0.39 is 22.9 Å². The van der Waals surface area contributed by atoms with Crippen molar-refractivity contribution in [2.24, 2.45) is 0 Å². The second-order valence-corrected chi connectivity index (χ2v) is 3.08. The van der Waals surface area contributed by atoms with Gasteiger partial charge in [-0.3, -0.25) is 10.1 Å².